The van der Waals surface area contributed by atoms with Gasteiger partial charge in [0.25, 0.3) is 0 Å². The summed E-state index contributed by atoms with van der Waals surface area (Å²) in [4.78, 5) is 26.7. The van der Waals surface area contributed by atoms with Crippen molar-refractivity contribution < 1.29 is 9.59 Å². The van der Waals surface area contributed by atoms with Crippen molar-refractivity contribution in [3.8, 4) is 0 Å². The Morgan fingerprint density at radius 1 is 1.18 bits per heavy atom. The number of nitrogens with one attached hydrogen (secondary N) is 2. The van der Waals surface area contributed by atoms with Crippen LogP contribution in [0.2, 0.25) is 0 Å². The second-order valence-corrected chi connectivity index (χ2v) is 8.08. The fourth-order valence-electron chi connectivity index (χ4n) is 4.09. The number of nitrogens with zero attached hydrogens (tertiary/aromatic N) is 1. The Morgan fingerprint density at radius 2 is 1.96 bits per heavy atom. The molecule has 28 heavy (non-hydrogen) atoms. The van der Waals surface area contributed by atoms with Crippen LogP contribution in [0.1, 0.15) is 49.7 Å². The van der Waals surface area contributed by atoms with Crippen LogP contribution in [0, 0.1) is 12.8 Å². The van der Waals surface area contributed by atoms with Gasteiger partial charge in [0.05, 0.1) is 6.04 Å². The first kappa shape index (κ1) is 22.7. The lowest BCUT2D eigenvalue weighted by Gasteiger charge is -2.33. The zero-order valence-electron chi connectivity index (χ0n) is 16.9. The molecule has 0 aromatic heterocycles. The molecule has 2 saturated heterocycles. The molecule has 2 unspecified atom stereocenters. The van der Waals surface area contributed by atoms with Gasteiger partial charge in [-0.3, -0.25) is 9.59 Å². The predicted octanol–water partition coefficient (Wildman–Crippen LogP) is 2.85. The zero-order valence-corrected chi connectivity index (χ0v) is 17.7. The summed E-state index contributed by atoms with van der Waals surface area (Å²) in [5, 5.41) is 6.32. The Labute approximate surface area is 175 Å². The Balaban J connectivity index is 0.00000280. The Kier molecular flexibility index (Phi) is 9.26. The quantitative estimate of drug-likeness (QED) is 0.730. The van der Waals surface area contributed by atoms with Gasteiger partial charge in [0.1, 0.15) is 0 Å². The van der Waals surface area contributed by atoms with Gasteiger partial charge in [0, 0.05) is 26.1 Å². The highest BCUT2D eigenvalue weighted by atomic mass is 35.5. The molecule has 2 N–H and O–H groups in total. The molecule has 0 bridgehead atoms. The molecule has 3 rings (SSSR count). The van der Waals surface area contributed by atoms with E-state index >= 15 is 0 Å². The molecule has 6 heteroatoms. The number of carbonyl (C=O) groups excluding carboxylic acids is 2. The molecule has 2 aliphatic heterocycles. The topological polar surface area (TPSA) is 61.4 Å². The van der Waals surface area contributed by atoms with Crippen LogP contribution in [0.3, 0.4) is 0 Å². The number of aryl methyl sites for hydroxylation is 2. The van der Waals surface area contributed by atoms with Gasteiger partial charge in [-0.1, -0.05) is 29.8 Å². The number of amides is 2. The van der Waals surface area contributed by atoms with E-state index in [-0.39, 0.29) is 30.3 Å². The minimum absolute atomic E-state index is 0. The van der Waals surface area contributed by atoms with Gasteiger partial charge < -0.3 is 15.5 Å². The first-order valence-electron chi connectivity index (χ1n) is 10.5. The fourth-order valence-corrected chi connectivity index (χ4v) is 4.09. The van der Waals surface area contributed by atoms with Gasteiger partial charge in [-0.25, -0.2) is 0 Å². The third-order valence-electron chi connectivity index (χ3n) is 5.79. The van der Waals surface area contributed by atoms with Crippen LogP contribution in [-0.2, 0) is 16.0 Å². The maximum absolute atomic E-state index is 12.6. The van der Waals surface area contributed by atoms with Gasteiger partial charge >= 0.3 is 0 Å². The minimum atomic E-state index is -0.0203. The highest BCUT2D eigenvalue weighted by Crippen LogP contribution is 2.18. The fraction of sp³-hybridized carbons (Fsp3) is 0.636. The van der Waals surface area contributed by atoms with Crippen molar-refractivity contribution in [2.24, 2.45) is 5.92 Å². The summed E-state index contributed by atoms with van der Waals surface area (Å²) in [5.74, 6) is 0.759. The van der Waals surface area contributed by atoms with E-state index in [9.17, 15) is 9.59 Å². The number of hydrogen-bond donors (Lipinski definition) is 2. The zero-order chi connectivity index (χ0) is 19.1. The standard InChI is InChI=1S/C22H33N3O2.ClH/c1-17-9-11-18(12-10-17)5-2-8-21(26)25-14-4-6-19(16-25)15-24-22(27)20-7-3-13-23-20;/h9-12,19-20,23H,2-8,13-16H2,1H3,(H,24,27);1H. The number of rotatable bonds is 7. The minimum Gasteiger partial charge on any atom is -0.354 e. The smallest absolute Gasteiger partial charge is 0.237 e. The summed E-state index contributed by atoms with van der Waals surface area (Å²) < 4.78 is 0. The maximum atomic E-state index is 12.6. The summed E-state index contributed by atoms with van der Waals surface area (Å²) in [6.45, 7) is 5.35. The van der Waals surface area contributed by atoms with Gasteiger partial charge in [-0.2, -0.15) is 0 Å². The first-order valence-corrected chi connectivity index (χ1v) is 10.5. The molecular weight excluding hydrogens is 374 g/mol. The molecule has 2 heterocycles. The third kappa shape index (κ3) is 6.78. The second kappa shape index (κ2) is 11.4. The van der Waals surface area contributed by atoms with Gasteiger partial charge in [-0.15, -0.1) is 12.4 Å². The van der Waals surface area contributed by atoms with Crippen molar-refractivity contribution in [3.05, 3.63) is 35.4 Å². The number of halogens is 1. The summed E-state index contributed by atoms with van der Waals surface area (Å²) >= 11 is 0. The maximum Gasteiger partial charge on any atom is 0.237 e. The van der Waals surface area contributed by atoms with E-state index in [0.717, 1.165) is 58.2 Å². The number of benzene rings is 1. The molecule has 2 aliphatic rings. The van der Waals surface area contributed by atoms with E-state index in [4.69, 9.17) is 0 Å². The molecular formula is C22H34ClN3O2. The van der Waals surface area contributed by atoms with Crippen LogP contribution in [-0.4, -0.2) is 48.9 Å². The van der Waals surface area contributed by atoms with Gasteiger partial charge in [0.15, 0.2) is 0 Å². The highest BCUT2D eigenvalue weighted by Gasteiger charge is 2.26. The van der Waals surface area contributed by atoms with Crippen LogP contribution in [0.15, 0.2) is 24.3 Å². The SMILES string of the molecule is Cc1ccc(CCCC(=O)N2CCCC(CNC(=O)C3CCCN3)C2)cc1.Cl. The molecule has 1 aromatic rings. The average molecular weight is 408 g/mol. The predicted molar refractivity (Wildman–Crippen MR) is 115 cm³/mol. The lowest BCUT2D eigenvalue weighted by atomic mass is 9.97. The monoisotopic (exact) mass is 407 g/mol. The lowest BCUT2D eigenvalue weighted by molar-refractivity contribution is -0.133. The van der Waals surface area contributed by atoms with Crippen LogP contribution < -0.4 is 10.6 Å². The molecule has 0 aliphatic carbocycles. The molecule has 0 spiro atoms. The Bertz CT molecular complexity index is 629. The van der Waals surface area contributed by atoms with E-state index in [1.165, 1.54) is 11.1 Å². The van der Waals surface area contributed by atoms with E-state index < -0.39 is 0 Å². The molecule has 2 atom stereocenters. The largest absolute Gasteiger partial charge is 0.354 e. The lowest BCUT2D eigenvalue weighted by Crippen LogP contribution is -2.46. The van der Waals surface area contributed by atoms with Crippen molar-refractivity contribution >= 4 is 24.2 Å². The van der Waals surface area contributed by atoms with E-state index in [1.807, 2.05) is 4.90 Å². The molecule has 5 nitrogen and oxygen atoms in total. The molecule has 2 fully saturated rings. The van der Waals surface area contributed by atoms with Crippen LogP contribution in [0.5, 0.6) is 0 Å². The Hall–Kier alpha value is -1.59. The van der Waals surface area contributed by atoms with E-state index in [2.05, 4.69) is 41.8 Å². The second-order valence-electron chi connectivity index (χ2n) is 8.08. The molecule has 0 saturated carbocycles. The number of piperidine rings is 1. The van der Waals surface area contributed by atoms with Crippen molar-refractivity contribution in [2.75, 3.05) is 26.2 Å². The van der Waals surface area contributed by atoms with E-state index in [1.54, 1.807) is 0 Å². The summed E-state index contributed by atoms with van der Waals surface area (Å²) in [5.41, 5.74) is 2.57. The molecule has 0 radical (unpaired) electrons. The Morgan fingerprint density at radius 3 is 2.68 bits per heavy atom. The molecule has 1 aromatic carbocycles. The molecule has 2 amide bonds. The first-order chi connectivity index (χ1) is 13.1. The van der Waals surface area contributed by atoms with Gasteiger partial charge in [0.2, 0.25) is 11.8 Å². The average Bonchev–Trinajstić information content (AvgIpc) is 3.23. The van der Waals surface area contributed by atoms with Crippen LogP contribution in [0.4, 0.5) is 0 Å². The number of hydrogen-bond acceptors (Lipinski definition) is 3. The van der Waals surface area contributed by atoms with Crippen molar-refractivity contribution in [3.63, 3.8) is 0 Å². The van der Waals surface area contributed by atoms with Crippen LogP contribution in [0.25, 0.3) is 0 Å². The van der Waals surface area contributed by atoms with E-state index in [0.29, 0.717) is 18.9 Å². The van der Waals surface area contributed by atoms with Crippen molar-refractivity contribution in [1.29, 1.82) is 0 Å². The van der Waals surface area contributed by atoms with Gasteiger partial charge in [-0.05, 0) is 63.5 Å². The summed E-state index contributed by atoms with van der Waals surface area (Å²) in [6.07, 6.45) is 6.59. The summed E-state index contributed by atoms with van der Waals surface area (Å²) in [6, 6.07) is 8.54. The highest BCUT2D eigenvalue weighted by molar-refractivity contribution is 5.85. The normalized spacial score (nSPS) is 21.8. The summed E-state index contributed by atoms with van der Waals surface area (Å²) in [7, 11) is 0. The van der Waals surface area contributed by atoms with Crippen LogP contribution >= 0.6 is 12.4 Å². The number of likely N-dealkylation sites (tertiary alicyclic amines) is 1. The van der Waals surface area contributed by atoms with Crippen molar-refractivity contribution in [2.45, 2.75) is 57.9 Å². The number of carbonyl (C=O) groups is 2. The molecule has 156 valence electrons. The van der Waals surface area contributed by atoms with Crippen molar-refractivity contribution in [1.82, 2.24) is 15.5 Å². The third-order valence-corrected chi connectivity index (χ3v) is 5.79.